The zero-order valence-corrected chi connectivity index (χ0v) is 12.7. The Hall–Kier alpha value is -1.84. The predicted molar refractivity (Wildman–Crippen MR) is 81.6 cm³/mol. The predicted octanol–water partition coefficient (Wildman–Crippen LogP) is 2.08. The maximum atomic E-state index is 9.84. The highest BCUT2D eigenvalue weighted by molar-refractivity contribution is 7.99. The molecule has 0 radical (unpaired) electrons. The molecule has 5 nitrogen and oxygen atoms in total. The molecule has 1 aliphatic rings. The minimum absolute atomic E-state index is 0.449. The van der Waals surface area contributed by atoms with Gasteiger partial charge in [-0.2, -0.15) is 10.4 Å². The number of nitrogens with zero attached hydrogens (tertiary/aromatic N) is 4. The van der Waals surface area contributed by atoms with Gasteiger partial charge in [-0.1, -0.05) is 42.1 Å². The third-order valence-electron chi connectivity index (χ3n) is 3.57. The van der Waals surface area contributed by atoms with Crippen LogP contribution in [0.5, 0.6) is 0 Å². The fourth-order valence-electron chi connectivity index (χ4n) is 2.23. The summed E-state index contributed by atoms with van der Waals surface area (Å²) in [4.78, 5) is 4.22. The number of hydrogen-bond donors (Lipinski definition) is 1. The van der Waals surface area contributed by atoms with Crippen molar-refractivity contribution < 1.29 is 0 Å². The lowest BCUT2D eigenvalue weighted by Crippen LogP contribution is -2.44. The Morgan fingerprint density at radius 2 is 2.19 bits per heavy atom. The first-order valence-electron chi connectivity index (χ1n) is 6.95. The molecule has 1 atom stereocenters. The van der Waals surface area contributed by atoms with E-state index in [1.807, 2.05) is 37.4 Å². The van der Waals surface area contributed by atoms with E-state index in [9.17, 15) is 5.26 Å². The van der Waals surface area contributed by atoms with Gasteiger partial charge in [-0.05, 0) is 18.4 Å². The highest BCUT2D eigenvalue weighted by Crippen LogP contribution is 2.32. The fourth-order valence-corrected chi connectivity index (χ4v) is 3.24. The molecule has 0 aliphatic heterocycles. The molecule has 21 heavy (non-hydrogen) atoms. The van der Waals surface area contributed by atoms with E-state index in [0.717, 1.165) is 23.6 Å². The van der Waals surface area contributed by atoms with Gasteiger partial charge in [-0.25, -0.2) is 9.67 Å². The summed E-state index contributed by atoms with van der Waals surface area (Å²) < 4.78 is 1.73. The van der Waals surface area contributed by atoms with Crippen molar-refractivity contribution in [3.8, 4) is 6.07 Å². The van der Waals surface area contributed by atoms with E-state index in [0.29, 0.717) is 11.8 Å². The lowest BCUT2D eigenvalue weighted by Gasteiger charge is -2.28. The number of aromatic nitrogens is 3. The van der Waals surface area contributed by atoms with Crippen LogP contribution in [0.3, 0.4) is 0 Å². The summed E-state index contributed by atoms with van der Waals surface area (Å²) in [6.07, 6.45) is 3.82. The van der Waals surface area contributed by atoms with Crippen molar-refractivity contribution in [2.75, 3.05) is 5.75 Å². The van der Waals surface area contributed by atoms with Crippen molar-refractivity contribution in [1.29, 1.82) is 5.26 Å². The summed E-state index contributed by atoms with van der Waals surface area (Å²) in [5.74, 6) is 0.608. The molecule has 1 aliphatic carbocycles. The highest BCUT2D eigenvalue weighted by atomic mass is 32.2. The van der Waals surface area contributed by atoms with Gasteiger partial charge >= 0.3 is 0 Å². The number of aryl methyl sites for hydroxylation is 1. The van der Waals surface area contributed by atoms with Crippen molar-refractivity contribution in [3.63, 3.8) is 0 Å². The Morgan fingerprint density at radius 1 is 1.43 bits per heavy atom. The van der Waals surface area contributed by atoms with Crippen LogP contribution in [0.1, 0.15) is 18.4 Å². The average molecular weight is 299 g/mol. The molecule has 3 rings (SSSR count). The van der Waals surface area contributed by atoms with Crippen molar-refractivity contribution in [2.45, 2.75) is 29.6 Å². The largest absolute Gasteiger partial charge is 0.292 e. The molecule has 0 spiro atoms. The van der Waals surface area contributed by atoms with Gasteiger partial charge in [0.2, 0.25) is 0 Å². The monoisotopic (exact) mass is 299 g/mol. The van der Waals surface area contributed by atoms with E-state index in [1.54, 1.807) is 16.4 Å². The van der Waals surface area contributed by atoms with Crippen molar-refractivity contribution >= 4 is 11.8 Å². The minimum atomic E-state index is -0.682. The smallest absolute Gasteiger partial charge is 0.185 e. The lowest BCUT2D eigenvalue weighted by atomic mass is 9.93. The second-order valence-corrected chi connectivity index (χ2v) is 6.20. The molecule has 1 N–H and O–H groups in total. The molecule has 1 heterocycles. The van der Waals surface area contributed by atoms with E-state index >= 15 is 0 Å². The molecule has 1 unspecified atom stereocenters. The number of nitriles is 1. The second kappa shape index (κ2) is 5.88. The zero-order chi connectivity index (χ0) is 14.7. The molecule has 0 saturated heterocycles. The van der Waals surface area contributed by atoms with Crippen molar-refractivity contribution in [3.05, 3.63) is 42.2 Å². The first-order chi connectivity index (χ1) is 10.2. The quantitative estimate of drug-likeness (QED) is 0.827. The van der Waals surface area contributed by atoms with Gasteiger partial charge in [0.25, 0.3) is 0 Å². The molecule has 0 amide bonds. The van der Waals surface area contributed by atoms with E-state index < -0.39 is 5.54 Å². The van der Waals surface area contributed by atoms with Gasteiger partial charge in [-0.3, -0.25) is 5.32 Å². The number of thioether (sulfide) groups is 1. The average Bonchev–Trinajstić information content (AvgIpc) is 3.25. The summed E-state index contributed by atoms with van der Waals surface area (Å²) in [7, 11) is 1.86. The van der Waals surface area contributed by atoms with Crippen LogP contribution in [0, 0.1) is 11.3 Å². The molecule has 6 heteroatoms. The summed E-state index contributed by atoms with van der Waals surface area (Å²) in [5.41, 5.74) is 0.327. The van der Waals surface area contributed by atoms with Crippen LogP contribution in [-0.4, -0.2) is 26.6 Å². The Bertz CT molecular complexity index is 644. The van der Waals surface area contributed by atoms with E-state index in [1.165, 1.54) is 6.33 Å². The third kappa shape index (κ3) is 3.09. The molecular formula is C15H17N5S. The number of hydrogen-bond acceptors (Lipinski definition) is 5. The first kappa shape index (κ1) is 14.1. The molecular weight excluding hydrogens is 282 g/mol. The van der Waals surface area contributed by atoms with E-state index in [-0.39, 0.29) is 0 Å². The molecule has 2 aromatic rings. The normalized spacial score (nSPS) is 17.1. The Morgan fingerprint density at radius 3 is 2.76 bits per heavy atom. The van der Waals surface area contributed by atoms with E-state index in [2.05, 4.69) is 21.5 Å². The summed E-state index contributed by atoms with van der Waals surface area (Å²) >= 11 is 1.55. The zero-order valence-electron chi connectivity index (χ0n) is 11.9. The molecule has 1 saturated carbocycles. The molecule has 0 bridgehead atoms. The number of nitrogens with one attached hydrogen (secondary N) is 1. The highest BCUT2D eigenvalue weighted by Gasteiger charge is 2.38. The Balaban J connectivity index is 1.85. The van der Waals surface area contributed by atoms with Gasteiger partial charge in [0.15, 0.2) is 5.16 Å². The van der Waals surface area contributed by atoms with Gasteiger partial charge in [0.05, 0.1) is 6.07 Å². The van der Waals surface area contributed by atoms with Gasteiger partial charge in [0, 0.05) is 18.8 Å². The van der Waals surface area contributed by atoms with Crippen LogP contribution >= 0.6 is 11.8 Å². The van der Waals surface area contributed by atoms with Crippen LogP contribution in [0.25, 0.3) is 0 Å². The summed E-state index contributed by atoms with van der Waals surface area (Å²) in [5, 5.41) is 18.2. The maximum absolute atomic E-state index is 9.84. The van der Waals surface area contributed by atoms with Crippen LogP contribution in [0.15, 0.2) is 41.8 Å². The topological polar surface area (TPSA) is 66.5 Å². The van der Waals surface area contributed by atoms with Gasteiger partial charge < -0.3 is 0 Å². The molecule has 108 valence electrons. The van der Waals surface area contributed by atoms with Crippen LogP contribution < -0.4 is 5.32 Å². The third-order valence-corrected chi connectivity index (χ3v) is 4.78. The maximum Gasteiger partial charge on any atom is 0.185 e. The molecule has 1 fully saturated rings. The second-order valence-electron chi connectivity index (χ2n) is 5.26. The fraction of sp³-hybridized carbons (Fsp3) is 0.400. The standard InChI is InChI=1S/C15H17N5S/c1-20-14(17-11-18-20)21-10-15(9-16,19-13-7-8-13)12-5-3-2-4-6-12/h2-6,11,13,19H,7-8,10H2,1H3. The SMILES string of the molecule is Cn1ncnc1SCC(C#N)(NC1CC1)c1ccccc1. The molecule has 1 aromatic carbocycles. The lowest BCUT2D eigenvalue weighted by molar-refractivity contribution is 0.469. The summed E-state index contributed by atoms with van der Waals surface area (Å²) in [6.45, 7) is 0. The van der Waals surface area contributed by atoms with Crippen LogP contribution in [0.2, 0.25) is 0 Å². The Kier molecular flexibility index (Phi) is 3.95. The van der Waals surface area contributed by atoms with Gasteiger partial charge in [0.1, 0.15) is 11.9 Å². The number of benzene rings is 1. The first-order valence-corrected chi connectivity index (χ1v) is 7.93. The summed E-state index contributed by atoms with van der Waals surface area (Å²) in [6, 6.07) is 12.9. The van der Waals surface area contributed by atoms with Crippen LogP contribution in [0.4, 0.5) is 0 Å². The minimum Gasteiger partial charge on any atom is -0.292 e. The number of rotatable bonds is 6. The van der Waals surface area contributed by atoms with Gasteiger partial charge in [-0.15, -0.1) is 0 Å². The van der Waals surface area contributed by atoms with E-state index in [4.69, 9.17) is 0 Å². The van der Waals surface area contributed by atoms with Crippen molar-refractivity contribution in [2.24, 2.45) is 7.05 Å². The van der Waals surface area contributed by atoms with Crippen molar-refractivity contribution in [1.82, 2.24) is 20.1 Å². The van der Waals surface area contributed by atoms with Crippen LogP contribution in [-0.2, 0) is 12.6 Å². The molecule has 1 aromatic heterocycles. The Labute approximate surface area is 128 Å².